The first kappa shape index (κ1) is 12.2. The summed E-state index contributed by atoms with van der Waals surface area (Å²) < 4.78 is 0. The summed E-state index contributed by atoms with van der Waals surface area (Å²) in [6, 6.07) is 0.293. The van der Waals surface area contributed by atoms with Gasteiger partial charge in [0.25, 0.3) is 0 Å². The molecule has 0 aliphatic carbocycles. The van der Waals surface area contributed by atoms with E-state index in [0.29, 0.717) is 6.04 Å². The number of carbonyl (C=O) groups is 1. The molecule has 1 aliphatic heterocycles. The van der Waals surface area contributed by atoms with Crippen LogP contribution < -0.4 is 0 Å². The lowest BCUT2D eigenvalue weighted by Crippen LogP contribution is -2.42. The van der Waals surface area contributed by atoms with Crippen LogP contribution in [0, 0.1) is 0 Å². The van der Waals surface area contributed by atoms with Crippen LogP contribution in [-0.2, 0) is 9.63 Å². The Kier molecular flexibility index (Phi) is 4.78. The average Bonchev–Trinajstić information content (AvgIpc) is 2.52. The van der Waals surface area contributed by atoms with Gasteiger partial charge in [-0.15, -0.1) is 0 Å². The molecule has 0 bridgehead atoms. The lowest BCUT2D eigenvalue weighted by Gasteiger charge is -2.28. The molecule has 0 aromatic heterocycles. The zero-order valence-corrected chi connectivity index (χ0v) is 9.61. The summed E-state index contributed by atoms with van der Waals surface area (Å²) in [6.45, 7) is 5.08. The number of carbonyl (C=O) groups excluding carboxylic acids is 1. The minimum Gasteiger partial charge on any atom is -0.338 e. The van der Waals surface area contributed by atoms with Crippen molar-refractivity contribution in [1.29, 1.82) is 0 Å². The molecule has 1 unspecified atom stereocenters. The molecule has 4 heteroatoms. The number of hydrogen-bond donors (Lipinski definition) is 0. The molecule has 1 atom stereocenters. The first-order valence-corrected chi connectivity index (χ1v) is 5.37. The molecule has 0 aromatic carbocycles. The molecule has 1 rings (SSSR count). The standard InChI is InChI=1S/C11H20N2O2/c1-4-11(14)13-8-6-5-7-10(9-13)12(2)15-3/h4,10H,1,5-9H2,2-3H3. The molecule has 0 N–H and O–H groups in total. The average molecular weight is 212 g/mol. The van der Waals surface area contributed by atoms with Gasteiger partial charge in [-0.1, -0.05) is 6.58 Å². The SMILES string of the molecule is C=CC(=O)N1CCCCC(N(C)OC)C1. The number of rotatable bonds is 3. The Labute approximate surface area is 91.4 Å². The molecule has 0 spiro atoms. The highest BCUT2D eigenvalue weighted by Crippen LogP contribution is 2.15. The van der Waals surface area contributed by atoms with E-state index >= 15 is 0 Å². The van der Waals surface area contributed by atoms with Crippen LogP contribution in [0.4, 0.5) is 0 Å². The number of amides is 1. The van der Waals surface area contributed by atoms with Gasteiger partial charge in [0.15, 0.2) is 0 Å². The van der Waals surface area contributed by atoms with E-state index in [4.69, 9.17) is 4.84 Å². The van der Waals surface area contributed by atoms with Gasteiger partial charge in [-0.05, 0) is 25.3 Å². The normalized spacial score (nSPS) is 22.6. The van der Waals surface area contributed by atoms with Crippen LogP contribution in [-0.4, -0.2) is 49.2 Å². The third-order valence-electron chi connectivity index (χ3n) is 2.94. The van der Waals surface area contributed by atoms with Crippen molar-refractivity contribution in [2.45, 2.75) is 25.3 Å². The van der Waals surface area contributed by atoms with E-state index in [1.807, 2.05) is 17.0 Å². The van der Waals surface area contributed by atoms with Crippen molar-refractivity contribution < 1.29 is 9.63 Å². The minimum absolute atomic E-state index is 0.0198. The molecule has 15 heavy (non-hydrogen) atoms. The van der Waals surface area contributed by atoms with E-state index in [1.165, 1.54) is 6.08 Å². The zero-order chi connectivity index (χ0) is 11.3. The largest absolute Gasteiger partial charge is 0.338 e. The quantitative estimate of drug-likeness (QED) is 0.518. The molecule has 1 amide bonds. The molecule has 0 radical (unpaired) electrons. The maximum Gasteiger partial charge on any atom is 0.246 e. The molecule has 0 saturated carbocycles. The van der Waals surface area contributed by atoms with Crippen molar-refractivity contribution in [3.05, 3.63) is 12.7 Å². The highest BCUT2D eigenvalue weighted by atomic mass is 16.7. The maximum atomic E-state index is 11.5. The van der Waals surface area contributed by atoms with Gasteiger partial charge in [-0.25, -0.2) is 0 Å². The van der Waals surface area contributed by atoms with Gasteiger partial charge in [0.1, 0.15) is 0 Å². The molecule has 0 aromatic rings. The topological polar surface area (TPSA) is 32.8 Å². The summed E-state index contributed by atoms with van der Waals surface area (Å²) in [7, 11) is 3.57. The summed E-state index contributed by atoms with van der Waals surface area (Å²) in [5.41, 5.74) is 0. The predicted octanol–water partition coefficient (Wildman–Crippen LogP) is 1.05. The van der Waals surface area contributed by atoms with Gasteiger partial charge in [0, 0.05) is 20.1 Å². The Hall–Kier alpha value is -0.870. The van der Waals surface area contributed by atoms with Gasteiger partial charge in [-0.3, -0.25) is 4.79 Å². The molecular formula is C11H20N2O2. The molecule has 4 nitrogen and oxygen atoms in total. The van der Waals surface area contributed by atoms with E-state index in [0.717, 1.165) is 32.4 Å². The molecule has 1 saturated heterocycles. The van der Waals surface area contributed by atoms with Crippen LogP contribution in [0.25, 0.3) is 0 Å². The van der Waals surface area contributed by atoms with Crippen molar-refractivity contribution in [3.8, 4) is 0 Å². The monoisotopic (exact) mass is 212 g/mol. The second kappa shape index (κ2) is 5.88. The third-order valence-corrected chi connectivity index (χ3v) is 2.94. The fraction of sp³-hybridized carbons (Fsp3) is 0.727. The smallest absolute Gasteiger partial charge is 0.246 e. The fourth-order valence-corrected chi connectivity index (χ4v) is 1.89. The van der Waals surface area contributed by atoms with E-state index in [9.17, 15) is 4.79 Å². The van der Waals surface area contributed by atoms with Gasteiger partial charge in [0.2, 0.25) is 5.91 Å². The van der Waals surface area contributed by atoms with Crippen LogP contribution >= 0.6 is 0 Å². The Morgan fingerprint density at radius 3 is 2.93 bits per heavy atom. The predicted molar refractivity (Wildman–Crippen MR) is 59.2 cm³/mol. The fourth-order valence-electron chi connectivity index (χ4n) is 1.89. The van der Waals surface area contributed by atoms with E-state index in [2.05, 4.69) is 6.58 Å². The maximum absolute atomic E-state index is 11.5. The molecule has 86 valence electrons. The van der Waals surface area contributed by atoms with E-state index < -0.39 is 0 Å². The van der Waals surface area contributed by atoms with Gasteiger partial charge >= 0.3 is 0 Å². The van der Waals surface area contributed by atoms with Crippen LogP contribution in [0.15, 0.2) is 12.7 Å². The van der Waals surface area contributed by atoms with Crippen molar-refractivity contribution in [1.82, 2.24) is 9.96 Å². The molecule has 1 heterocycles. The molecular weight excluding hydrogens is 192 g/mol. The lowest BCUT2D eigenvalue weighted by molar-refractivity contribution is -0.149. The van der Waals surface area contributed by atoms with Gasteiger partial charge in [-0.2, -0.15) is 5.06 Å². The number of likely N-dealkylation sites (tertiary alicyclic amines) is 1. The summed E-state index contributed by atoms with van der Waals surface area (Å²) in [4.78, 5) is 18.5. The first-order valence-electron chi connectivity index (χ1n) is 5.37. The van der Waals surface area contributed by atoms with Gasteiger partial charge < -0.3 is 9.74 Å². The van der Waals surface area contributed by atoms with E-state index in [-0.39, 0.29) is 5.91 Å². The summed E-state index contributed by atoms with van der Waals surface area (Å²) in [5, 5.41) is 1.83. The molecule has 1 fully saturated rings. The van der Waals surface area contributed by atoms with Crippen molar-refractivity contribution in [2.75, 3.05) is 27.2 Å². The van der Waals surface area contributed by atoms with Crippen molar-refractivity contribution in [3.63, 3.8) is 0 Å². The van der Waals surface area contributed by atoms with Crippen LogP contribution in [0.5, 0.6) is 0 Å². The van der Waals surface area contributed by atoms with Crippen molar-refractivity contribution in [2.24, 2.45) is 0 Å². The van der Waals surface area contributed by atoms with Crippen molar-refractivity contribution >= 4 is 5.91 Å². The van der Waals surface area contributed by atoms with Gasteiger partial charge in [0.05, 0.1) is 13.2 Å². The second-order valence-corrected chi connectivity index (χ2v) is 3.87. The minimum atomic E-state index is 0.0198. The summed E-state index contributed by atoms with van der Waals surface area (Å²) in [5.74, 6) is 0.0198. The highest BCUT2D eigenvalue weighted by molar-refractivity contribution is 5.87. The van der Waals surface area contributed by atoms with Crippen LogP contribution in [0.1, 0.15) is 19.3 Å². The second-order valence-electron chi connectivity index (χ2n) is 3.87. The number of hydrogen-bond acceptors (Lipinski definition) is 3. The number of likely N-dealkylation sites (N-methyl/N-ethyl adjacent to an activating group) is 1. The third kappa shape index (κ3) is 3.32. The molecule has 1 aliphatic rings. The zero-order valence-electron chi connectivity index (χ0n) is 9.61. The van der Waals surface area contributed by atoms with Crippen LogP contribution in [0.2, 0.25) is 0 Å². The van der Waals surface area contributed by atoms with Crippen LogP contribution in [0.3, 0.4) is 0 Å². The summed E-state index contributed by atoms with van der Waals surface area (Å²) >= 11 is 0. The Balaban J connectivity index is 2.60. The summed E-state index contributed by atoms with van der Waals surface area (Å²) in [6.07, 6.45) is 4.66. The Morgan fingerprint density at radius 1 is 1.60 bits per heavy atom. The first-order chi connectivity index (χ1) is 7.19. The Bertz CT molecular complexity index is 231. The number of nitrogens with zero attached hydrogens (tertiary/aromatic N) is 2. The van der Waals surface area contributed by atoms with E-state index in [1.54, 1.807) is 7.11 Å². The Morgan fingerprint density at radius 2 is 2.33 bits per heavy atom. The lowest BCUT2D eigenvalue weighted by atomic mass is 10.1. The number of hydroxylamine groups is 2. The highest BCUT2D eigenvalue weighted by Gasteiger charge is 2.23.